The van der Waals surface area contributed by atoms with Gasteiger partial charge in [-0.1, -0.05) is 6.92 Å². The lowest BCUT2D eigenvalue weighted by molar-refractivity contribution is -0.186. The van der Waals surface area contributed by atoms with Crippen LogP contribution in [0.2, 0.25) is 0 Å². The molecule has 0 aromatic rings. The quantitative estimate of drug-likeness (QED) is 0.567. The molecule has 0 aromatic heterocycles. The third-order valence-corrected chi connectivity index (χ3v) is 6.08. The normalized spacial score (nSPS) is 48.2. The van der Waals surface area contributed by atoms with Gasteiger partial charge in [0.05, 0.1) is 18.8 Å². The zero-order chi connectivity index (χ0) is 16.4. The van der Waals surface area contributed by atoms with Gasteiger partial charge in [-0.2, -0.15) is 0 Å². The first-order valence-corrected chi connectivity index (χ1v) is 7.53. The number of esters is 2. The fourth-order valence-corrected chi connectivity index (χ4v) is 4.88. The van der Waals surface area contributed by atoms with Crippen molar-refractivity contribution in [2.75, 3.05) is 13.7 Å². The van der Waals surface area contributed by atoms with E-state index < -0.39 is 35.0 Å². The van der Waals surface area contributed by atoms with Crippen LogP contribution in [0.15, 0.2) is 11.1 Å². The Kier molecular flexibility index (Phi) is 3.21. The molecule has 6 atom stereocenters. The number of aliphatic hydroxyl groups excluding tert-OH is 2. The van der Waals surface area contributed by atoms with Gasteiger partial charge in [-0.3, -0.25) is 0 Å². The Bertz CT molecular complexity index is 581. The van der Waals surface area contributed by atoms with Gasteiger partial charge >= 0.3 is 11.9 Å². The van der Waals surface area contributed by atoms with Crippen LogP contribution in [0.4, 0.5) is 0 Å². The Balaban J connectivity index is 2.08. The molecule has 2 N–H and O–H groups in total. The molecule has 1 aliphatic heterocycles. The summed E-state index contributed by atoms with van der Waals surface area (Å²) in [6.45, 7) is 5.10. The number of carbonyl (C=O) groups is 2. The minimum absolute atomic E-state index is 0.0460. The zero-order valence-corrected chi connectivity index (χ0v) is 13.3. The van der Waals surface area contributed by atoms with E-state index >= 15 is 0 Å². The maximum absolute atomic E-state index is 12.4. The van der Waals surface area contributed by atoms with Crippen LogP contribution in [-0.2, 0) is 19.1 Å². The summed E-state index contributed by atoms with van der Waals surface area (Å²) in [5.41, 5.74) is -1.31. The first-order valence-electron chi connectivity index (χ1n) is 7.53. The molecule has 0 spiro atoms. The highest BCUT2D eigenvalue weighted by Crippen LogP contribution is 2.72. The summed E-state index contributed by atoms with van der Waals surface area (Å²) in [4.78, 5) is 24.1. The molecular formula is C16H22O6. The fraction of sp³-hybridized carbons (Fsp3) is 0.750. The second kappa shape index (κ2) is 4.55. The number of hydrogen-bond donors (Lipinski definition) is 2. The average molecular weight is 310 g/mol. The van der Waals surface area contributed by atoms with Crippen LogP contribution < -0.4 is 0 Å². The molecule has 1 saturated heterocycles. The molecule has 122 valence electrons. The van der Waals surface area contributed by atoms with Crippen molar-refractivity contribution in [3.63, 3.8) is 0 Å². The molecule has 6 heteroatoms. The highest BCUT2D eigenvalue weighted by molar-refractivity contribution is 6.01. The SMILES string of the molecule is COC(=O)/C(C)=C1\C(=O)O[C@]2(C)[C@H]([C@H]1O)[C@@](C)(CO)[C@@H]1C[C@@H]12. The van der Waals surface area contributed by atoms with Gasteiger partial charge in [-0.25, -0.2) is 9.59 Å². The second-order valence-electron chi connectivity index (χ2n) is 7.14. The van der Waals surface area contributed by atoms with Gasteiger partial charge in [0.15, 0.2) is 0 Å². The predicted molar refractivity (Wildman–Crippen MR) is 75.5 cm³/mol. The number of ether oxygens (including phenoxy) is 2. The Morgan fingerprint density at radius 1 is 1.41 bits per heavy atom. The van der Waals surface area contributed by atoms with E-state index in [1.165, 1.54) is 14.0 Å². The highest BCUT2D eigenvalue weighted by atomic mass is 16.6. The summed E-state index contributed by atoms with van der Waals surface area (Å²) in [6, 6.07) is 0. The third-order valence-electron chi connectivity index (χ3n) is 6.08. The largest absolute Gasteiger partial charge is 0.466 e. The first-order chi connectivity index (χ1) is 10.2. The van der Waals surface area contributed by atoms with E-state index in [-0.39, 0.29) is 29.6 Å². The van der Waals surface area contributed by atoms with Gasteiger partial charge in [0.1, 0.15) is 5.60 Å². The Labute approximate surface area is 129 Å². The van der Waals surface area contributed by atoms with E-state index in [1.54, 1.807) is 0 Å². The van der Waals surface area contributed by atoms with Gasteiger partial charge in [0.25, 0.3) is 0 Å². The topological polar surface area (TPSA) is 93.1 Å². The van der Waals surface area contributed by atoms with Crippen molar-refractivity contribution in [2.24, 2.45) is 23.2 Å². The van der Waals surface area contributed by atoms with Gasteiger partial charge in [0.2, 0.25) is 0 Å². The third kappa shape index (κ3) is 1.68. The smallest absolute Gasteiger partial charge is 0.337 e. The van der Waals surface area contributed by atoms with Crippen LogP contribution in [0.1, 0.15) is 27.2 Å². The lowest BCUT2D eigenvalue weighted by atomic mass is 9.65. The number of rotatable bonds is 2. The maximum atomic E-state index is 12.4. The monoisotopic (exact) mass is 310 g/mol. The van der Waals surface area contributed by atoms with Crippen LogP contribution in [0.25, 0.3) is 0 Å². The summed E-state index contributed by atoms with van der Waals surface area (Å²) in [7, 11) is 1.22. The fourth-order valence-electron chi connectivity index (χ4n) is 4.88. The van der Waals surface area contributed by atoms with E-state index in [9.17, 15) is 19.8 Å². The van der Waals surface area contributed by atoms with Crippen molar-refractivity contribution in [2.45, 2.75) is 38.9 Å². The number of methoxy groups -OCH3 is 1. The Hall–Kier alpha value is -1.40. The standard InChI is InChI=1S/C16H22O6/c1-7(13(19)21-4)10-11(18)12-15(2,6-17)8-5-9(8)16(12,3)22-14(10)20/h8-9,11-12,17-18H,5-6H2,1-4H3/b10-7-/t8-,9+,11+,12-,15+,16+/m1/s1. The summed E-state index contributed by atoms with van der Waals surface area (Å²) < 4.78 is 10.3. The molecule has 0 bridgehead atoms. The van der Waals surface area contributed by atoms with Crippen molar-refractivity contribution >= 4 is 11.9 Å². The van der Waals surface area contributed by atoms with Crippen molar-refractivity contribution in [1.82, 2.24) is 0 Å². The van der Waals surface area contributed by atoms with Crippen LogP contribution in [0.3, 0.4) is 0 Å². The lowest BCUT2D eigenvalue weighted by Crippen LogP contribution is -2.57. The van der Waals surface area contributed by atoms with Crippen molar-refractivity contribution in [1.29, 1.82) is 0 Å². The van der Waals surface area contributed by atoms with E-state index in [0.717, 1.165) is 6.42 Å². The van der Waals surface area contributed by atoms with Crippen LogP contribution in [-0.4, -0.2) is 47.6 Å². The van der Waals surface area contributed by atoms with Crippen LogP contribution >= 0.6 is 0 Å². The molecule has 22 heavy (non-hydrogen) atoms. The molecular weight excluding hydrogens is 288 g/mol. The van der Waals surface area contributed by atoms with Gasteiger partial charge in [-0.15, -0.1) is 0 Å². The van der Waals surface area contributed by atoms with Crippen molar-refractivity contribution in [3.8, 4) is 0 Å². The summed E-state index contributed by atoms with van der Waals surface area (Å²) in [5.74, 6) is -1.37. The summed E-state index contributed by atoms with van der Waals surface area (Å²) >= 11 is 0. The molecule has 3 fully saturated rings. The van der Waals surface area contributed by atoms with Crippen molar-refractivity contribution < 1.29 is 29.3 Å². The molecule has 6 nitrogen and oxygen atoms in total. The zero-order valence-electron chi connectivity index (χ0n) is 13.3. The minimum Gasteiger partial charge on any atom is -0.466 e. The molecule has 3 rings (SSSR count). The number of aliphatic hydroxyl groups is 2. The molecule has 3 aliphatic rings. The van der Waals surface area contributed by atoms with Gasteiger partial charge in [-0.05, 0) is 26.2 Å². The molecule has 1 heterocycles. The summed E-state index contributed by atoms with van der Waals surface area (Å²) in [5, 5.41) is 20.7. The molecule has 0 amide bonds. The van der Waals surface area contributed by atoms with E-state index in [2.05, 4.69) is 4.74 Å². The van der Waals surface area contributed by atoms with Gasteiger partial charge < -0.3 is 19.7 Å². The van der Waals surface area contributed by atoms with Crippen molar-refractivity contribution in [3.05, 3.63) is 11.1 Å². The maximum Gasteiger partial charge on any atom is 0.337 e. The molecule has 2 saturated carbocycles. The molecule has 0 unspecified atom stereocenters. The first kappa shape index (κ1) is 15.5. The van der Waals surface area contributed by atoms with E-state index in [1.807, 2.05) is 13.8 Å². The number of hydrogen-bond acceptors (Lipinski definition) is 6. The minimum atomic E-state index is -1.14. The highest BCUT2D eigenvalue weighted by Gasteiger charge is 2.76. The second-order valence-corrected chi connectivity index (χ2v) is 7.14. The van der Waals surface area contributed by atoms with E-state index in [4.69, 9.17) is 4.74 Å². The summed E-state index contributed by atoms with van der Waals surface area (Å²) in [6.07, 6.45) is -0.255. The molecule has 0 aromatic carbocycles. The van der Waals surface area contributed by atoms with Crippen LogP contribution in [0.5, 0.6) is 0 Å². The Morgan fingerprint density at radius 2 is 2.05 bits per heavy atom. The van der Waals surface area contributed by atoms with E-state index in [0.29, 0.717) is 0 Å². The number of fused-ring (bicyclic) bond motifs is 3. The predicted octanol–water partition coefficient (Wildman–Crippen LogP) is 0.417. The Morgan fingerprint density at radius 3 is 2.59 bits per heavy atom. The molecule has 0 radical (unpaired) electrons. The van der Waals surface area contributed by atoms with Crippen LogP contribution in [0, 0.1) is 23.2 Å². The average Bonchev–Trinajstić information content (AvgIpc) is 3.23. The number of carbonyl (C=O) groups excluding carboxylic acids is 2. The molecule has 2 aliphatic carbocycles. The van der Waals surface area contributed by atoms with Gasteiger partial charge in [0, 0.05) is 29.4 Å². The lowest BCUT2D eigenvalue weighted by Gasteiger charge is -2.48.